The lowest BCUT2D eigenvalue weighted by Gasteiger charge is -2.15. The fourth-order valence-corrected chi connectivity index (χ4v) is 5.11. The molecule has 4 aromatic rings. The first-order chi connectivity index (χ1) is 15.3. The quantitative estimate of drug-likeness (QED) is 0.343. The van der Waals surface area contributed by atoms with Crippen molar-refractivity contribution >= 4 is 38.1 Å². The van der Waals surface area contributed by atoms with Gasteiger partial charge >= 0.3 is 0 Å². The van der Waals surface area contributed by atoms with Crippen LogP contribution in [0, 0.1) is 12.3 Å². The summed E-state index contributed by atoms with van der Waals surface area (Å²) in [6.07, 6.45) is 2.11. The van der Waals surface area contributed by atoms with E-state index in [1.807, 2.05) is 13.0 Å². The van der Waals surface area contributed by atoms with Gasteiger partial charge in [-0.2, -0.15) is 0 Å². The van der Waals surface area contributed by atoms with Gasteiger partial charge in [0.25, 0.3) is 5.56 Å². The van der Waals surface area contributed by atoms with Gasteiger partial charge in [0, 0.05) is 31.5 Å². The maximum absolute atomic E-state index is 13.4. The molecule has 0 aliphatic heterocycles. The Kier molecular flexibility index (Phi) is 5.89. The molecule has 0 bridgehead atoms. The molecule has 0 radical (unpaired) electrons. The number of pyridine rings is 2. The highest BCUT2D eigenvalue weighted by molar-refractivity contribution is 7.91. The predicted octanol–water partition coefficient (Wildman–Crippen LogP) is 2.96. The highest BCUT2D eigenvalue weighted by atomic mass is 35.5. The summed E-state index contributed by atoms with van der Waals surface area (Å²) in [4.78, 5) is 17.7. The minimum absolute atomic E-state index is 0.0112. The molecule has 4 rings (SSSR count). The molecule has 0 spiro atoms. The number of nitrogens with zero attached hydrogens (tertiary/aromatic N) is 3. The number of sulfone groups is 1. The van der Waals surface area contributed by atoms with E-state index in [0.717, 1.165) is 5.56 Å². The van der Waals surface area contributed by atoms with E-state index < -0.39 is 15.4 Å². The molecule has 3 aromatic heterocycles. The van der Waals surface area contributed by atoms with Crippen molar-refractivity contribution in [1.29, 1.82) is 5.41 Å². The molecule has 166 valence electrons. The minimum atomic E-state index is -4.08. The maximum Gasteiger partial charge on any atom is 0.267 e. The first kappa shape index (κ1) is 22.2. The molecule has 1 aromatic carbocycles. The van der Waals surface area contributed by atoms with Crippen LogP contribution in [0.4, 0.5) is 0 Å². The Morgan fingerprint density at radius 1 is 1.16 bits per heavy atom. The van der Waals surface area contributed by atoms with Gasteiger partial charge in [-0.15, -0.1) is 0 Å². The lowest BCUT2D eigenvalue weighted by atomic mass is 10.2. The van der Waals surface area contributed by atoms with Gasteiger partial charge in [-0.1, -0.05) is 17.7 Å². The van der Waals surface area contributed by atoms with Crippen molar-refractivity contribution in [3.05, 3.63) is 75.1 Å². The number of methoxy groups -OCH3 is 1. The molecule has 0 atom stereocenters. The number of hydrogen-bond acceptors (Lipinski definition) is 6. The average molecular weight is 473 g/mol. The van der Waals surface area contributed by atoms with Gasteiger partial charge in [-0.3, -0.25) is 14.6 Å². The molecule has 3 heterocycles. The van der Waals surface area contributed by atoms with Crippen molar-refractivity contribution in [3.8, 4) is 0 Å². The molecule has 0 unspecified atom stereocenters. The zero-order valence-electron chi connectivity index (χ0n) is 17.5. The zero-order valence-corrected chi connectivity index (χ0v) is 19.1. The normalized spacial score (nSPS) is 12.0. The predicted molar refractivity (Wildman–Crippen MR) is 121 cm³/mol. The van der Waals surface area contributed by atoms with E-state index in [-0.39, 0.29) is 32.9 Å². The largest absolute Gasteiger partial charge is 0.385 e. The molecule has 0 fully saturated rings. The van der Waals surface area contributed by atoms with Crippen LogP contribution in [0.2, 0.25) is 5.02 Å². The summed E-state index contributed by atoms with van der Waals surface area (Å²) in [6.45, 7) is 2.51. The van der Waals surface area contributed by atoms with Crippen LogP contribution in [0.15, 0.2) is 63.2 Å². The lowest BCUT2D eigenvalue weighted by Crippen LogP contribution is -2.30. The molecular formula is C22H21ClN4O4S. The Labute approximate surface area is 189 Å². The van der Waals surface area contributed by atoms with E-state index >= 15 is 0 Å². The number of aromatic nitrogens is 3. The number of ether oxygens (including phenoxy) is 1. The molecule has 8 nitrogen and oxygen atoms in total. The number of aryl methyl sites for hydroxylation is 2. The summed E-state index contributed by atoms with van der Waals surface area (Å²) in [5.74, 6) is 0. The smallest absolute Gasteiger partial charge is 0.267 e. The number of nitrogens with one attached hydrogen (secondary N) is 1. The molecule has 0 saturated carbocycles. The zero-order chi connectivity index (χ0) is 23.0. The minimum Gasteiger partial charge on any atom is -0.385 e. The molecule has 0 aliphatic carbocycles. The number of hydrogen-bond donors (Lipinski definition) is 1. The summed E-state index contributed by atoms with van der Waals surface area (Å²) in [6, 6.07) is 10.5. The van der Waals surface area contributed by atoms with Crippen LogP contribution in [-0.4, -0.2) is 36.1 Å². The van der Waals surface area contributed by atoms with Gasteiger partial charge in [0.05, 0.1) is 10.3 Å². The molecule has 0 amide bonds. The summed E-state index contributed by atoms with van der Waals surface area (Å²) in [5, 5.41) is 9.23. The maximum atomic E-state index is 13.4. The van der Waals surface area contributed by atoms with Gasteiger partial charge in [-0.05, 0) is 55.3 Å². The van der Waals surface area contributed by atoms with Crippen LogP contribution in [0.1, 0.15) is 12.0 Å². The lowest BCUT2D eigenvalue weighted by molar-refractivity contribution is 0.190. The van der Waals surface area contributed by atoms with E-state index in [2.05, 4.69) is 4.98 Å². The molecule has 1 N–H and O–H groups in total. The first-order valence-electron chi connectivity index (χ1n) is 9.85. The third kappa shape index (κ3) is 3.72. The number of fused-ring (bicyclic) bond motifs is 2. The first-order valence-corrected chi connectivity index (χ1v) is 11.7. The van der Waals surface area contributed by atoms with Crippen LogP contribution < -0.4 is 11.0 Å². The van der Waals surface area contributed by atoms with Gasteiger partial charge in [0.1, 0.15) is 21.7 Å². The third-order valence-electron chi connectivity index (χ3n) is 5.24. The second-order valence-corrected chi connectivity index (χ2v) is 9.71. The summed E-state index contributed by atoms with van der Waals surface area (Å²) >= 11 is 5.90. The Balaban J connectivity index is 2.09. The van der Waals surface area contributed by atoms with Crippen molar-refractivity contribution in [1.82, 2.24) is 14.0 Å². The Bertz CT molecular complexity index is 1560. The standard InChI is InChI=1S/C22H21ClN4O4S/c1-14-5-3-10-27-20(14)25-21-17(22(27)28)13-18(19(24)26(21)11-4-12-31-2)32(29,30)16-8-6-15(23)7-9-16/h3,5-10,13,24H,4,11-12H2,1-2H3. The van der Waals surface area contributed by atoms with Crippen LogP contribution in [0.3, 0.4) is 0 Å². The van der Waals surface area contributed by atoms with Crippen molar-refractivity contribution in [3.63, 3.8) is 0 Å². The highest BCUT2D eigenvalue weighted by Gasteiger charge is 2.24. The Hall–Kier alpha value is -3.01. The van der Waals surface area contributed by atoms with Crippen LogP contribution in [-0.2, 0) is 21.1 Å². The monoisotopic (exact) mass is 472 g/mol. The highest BCUT2D eigenvalue weighted by Crippen LogP contribution is 2.22. The van der Waals surface area contributed by atoms with Crippen LogP contribution in [0.5, 0.6) is 0 Å². The van der Waals surface area contributed by atoms with E-state index in [1.54, 1.807) is 19.4 Å². The molecule has 32 heavy (non-hydrogen) atoms. The summed E-state index contributed by atoms with van der Waals surface area (Å²) in [7, 11) is -2.52. The van der Waals surface area contributed by atoms with Crippen molar-refractivity contribution in [2.45, 2.75) is 29.7 Å². The third-order valence-corrected chi connectivity index (χ3v) is 7.28. The van der Waals surface area contributed by atoms with Gasteiger partial charge < -0.3 is 9.30 Å². The molecule has 10 heteroatoms. The topological polar surface area (TPSA) is 107 Å². The second-order valence-electron chi connectivity index (χ2n) is 7.35. The Morgan fingerprint density at radius 3 is 2.56 bits per heavy atom. The van der Waals surface area contributed by atoms with Crippen molar-refractivity contribution < 1.29 is 13.2 Å². The van der Waals surface area contributed by atoms with Crippen LogP contribution >= 0.6 is 11.6 Å². The number of halogens is 1. The van der Waals surface area contributed by atoms with E-state index in [0.29, 0.717) is 23.7 Å². The van der Waals surface area contributed by atoms with E-state index in [1.165, 1.54) is 39.3 Å². The van der Waals surface area contributed by atoms with Gasteiger partial charge in [0.2, 0.25) is 9.84 Å². The van der Waals surface area contributed by atoms with E-state index in [4.69, 9.17) is 21.7 Å². The van der Waals surface area contributed by atoms with E-state index in [9.17, 15) is 13.2 Å². The average Bonchev–Trinajstić information content (AvgIpc) is 2.76. The molecular weight excluding hydrogens is 452 g/mol. The second kappa shape index (κ2) is 8.50. The number of benzene rings is 1. The van der Waals surface area contributed by atoms with Gasteiger partial charge in [-0.25, -0.2) is 13.4 Å². The summed E-state index contributed by atoms with van der Waals surface area (Å²) in [5.41, 5.74) is 0.869. The van der Waals surface area contributed by atoms with Gasteiger partial charge in [0.15, 0.2) is 0 Å². The molecule has 0 aliphatic rings. The fraction of sp³-hybridized carbons (Fsp3) is 0.227. The Morgan fingerprint density at radius 2 is 1.88 bits per heavy atom. The van der Waals surface area contributed by atoms with Crippen LogP contribution in [0.25, 0.3) is 16.7 Å². The van der Waals surface area contributed by atoms with Crippen molar-refractivity contribution in [2.24, 2.45) is 0 Å². The fourth-order valence-electron chi connectivity index (χ4n) is 3.60. The summed E-state index contributed by atoms with van der Waals surface area (Å²) < 4.78 is 34.7. The molecule has 0 saturated heterocycles. The SMILES string of the molecule is COCCCn1c(=N)c(S(=O)(=O)c2ccc(Cl)cc2)cc2c(=O)n3cccc(C)c3nc21. The van der Waals surface area contributed by atoms with Crippen molar-refractivity contribution in [2.75, 3.05) is 13.7 Å². The number of rotatable bonds is 6.